The van der Waals surface area contributed by atoms with E-state index >= 15 is 0 Å². The minimum atomic E-state index is 0.186. The largest absolute Gasteiger partial charge is 0.456 e. The SMILES string of the molecule is C[C@H](N)Cc1ccc2oc3ccccc3c2c1. The van der Waals surface area contributed by atoms with Gasteiger partial charge in [0.2, 0.25) is 0 Å². The monoisotopic (exact) mass is 225 g/mol. The first-order valence-electron chi connectivity index (χ1n) is 5.90. The minimum Gasteiger partial charge on any atom is -0.456 e. The number of fused-ring (bicyclic) bond motifs is 3. The van der Waals surface area contributed by atoms with Gasteiger partial charge < -0.3 is 10.2 Å². The third kappa shape index (κ3) is 1.81. The van der Waals surface area contributed by atoms with Crippen LogP contribution in [0, 0.1) is 0 Å². The Kier molecular flexibility index (Phi) is 2.37. The lowest BCUT2D eigenvalue weighted by molar-refractivity contribution is 0.668. The molecule has 0 radical (unpaired) electrons. The van der Waals surface area contributed by atoms with Crippen molar-refractivity contribution in [3.63, 3.8) is 0 Å². The molecule has 1 aromatic heterocycles. The molecule has 1 heterocycles. The molecule has 17 heavy (non-hydrogen) atoms. The van der Waals surface area contributed by atoms with Gasteiger partial charge in [0.15, 0.2) is 0 Å². The lowest BCUT2D eigenvalue weighted by Crippen LogP contribution is -2.17. The summed E-state index contributed by atoms with van der Waals surface area (Å²) in [6, 6.07) is 14.6. The predicted octanol–water partition coefficient (Wildman–Crippen LogP) is 3.48. The quantitative estimate of drug-likeness (QED) is 0.725. The Morgan fingerprint density at radius 2 is 1.82 bits per heavy atom. The Balaban J connectivity index is 2.23. The Bertz CT molecular complexity index is 667. The van der Waals surface area contributed by atoms with E-state index in [-0.39, 0.29) is 6.04 Å². The van der Waals surface area contributed by atoms with Crippen molar-refractivity contribution in [3.05, 3.63) is 48.0 Å². The molecule has 86 valence electrons. The Hall–Kier alpha value is -1.80. The highest BCUT2D eigenvalue weighted by Crippen LogP contribution is 2.29. The van der Waals surface area contributed by atoms with E-state index in [1.807, 2.05) is 31.2 Å². The van der Waals surface area contributed by atoms with Crippen molar-refractivity contribution >= 4 is 21.9 Å². The molecule has 0 amide bonds. The number of para-hydroxylation sites is 1. The summed E-state index contributed by atoms with van der Waals surface area (Å²) in [5.74, 6) is 0. The first-order chi connectivity index (χ1) is 8.24. The van der Waals surface area contributed by atoms with Gasteiger partial charge in [-0.2, -0.15) is 0 Å². The minimum absolute atomic E-state index is 0.186. The Morgan fingerprint density at radius 1 is 1.06 bits per heavy atom. The molecule has 0 aliphatic carbocycles. The van der Waals surface area contributed by atoms with E-state index < -0.39 is 0 Å². The predicted molar refractivity (Wildman–Crippen MR) is 71.1 cm³/mol. The molecular weight excluding hydrogens is 210 g/mol. The molecule has 0 saturated heterocycles. The van der Waals surface area contributed by atoms with Gasteiger partial charge in [0.05, 0.1) is 0 Å². The normalized spacial score (nSPS) is 13.3. The summed E-state index contributed by atoms with van der Waals surface area (Å²) in [6.45, 7) is 2.03. The maximum Gasteiger partial charge on any atom is 0.135 e. The summed E-state index contributed by atoms with van der Waals surface area (Å²) in [5, 5.41) is 2.35. The average molecular weight is 225 g/mol. The second-order valence-corrected chi connectivity index (χ2v) is 4.61. The van der Waals surface area contributed by atoms with Gasteiger partial charge in [-0.3, -0.25) is 0 Å². The van der Waals surface area contributed by atoms with Crippen LogP contribution < -0.4 is 5.73 Å². The number of hydrogen-bond donors (Lipinski definition) is 1. The van der Waals surface area contributed by atoms with E-state index in [1.165, 1.54) is 16.3 Å². The fourth-order valence-corrected chi connectivity index (χ4v) is 2.27. The Labute approximate surface area is 100 Å². The van der Waals surface area contributed by atoms with Crippen LogP contribution in [0.5, 0.6) is 0 Å². The molecule has 0 saturated carbocycles. The van der Waals surface area contributed by atoms with Gasteiger partial charge in [0.25, 0.3) is 0 Å². The second-order valence-electron chi connectivity index (χ2n) is 4.61. The van der Waals surface area contributed by atoms with Gasteiger partial charge in [0.1, 0.15) is 11.2 Å². The summed E-state index contributed by atoms with van der Waals surface area (Å²) < 4.78 is 5.78. The van der Waals surface area contributed by atoms with Crippen molar-refractivity contribution in [2.24, 2.45) is 5.73 Å². The van der Waals surface area contributed by atoms with Crippen LogP contribution in [0.15, 0.2) is 46.9 Å². The van der Waals surface area contributed by atoms with Crippen molar-refractivity contribution in [3.8, 4) is 0 Å². The zero-order valence-electron chi connectivity index (χ0n) is 9.81. The second kappa shape index (κ2) is 3.90. The van der Waals surface area contributed by atoms with Crippen molar-refractivity contribution < 1.29 is 4.42 Å². The molecule has 2 aromatic carbocycles. The topological polar surface area (TPSA) is 39.2 Å². The maximum atomic E-state index is 5.83. The van der Waals surface area contributed by atoms with Crippen LogP contribution in [-0.2, 0) is 6.42 Å². The smallest absolute Gasteiger partial charge is 0.135 e. The fourth-order valence-electron chi connectivity index (χ4n) is 2.27. The van der Waals surface area contributed by atoms with Gasteiger partial charge in [0, 0.05) is 16.8 Å². The summed E-state index contributed by atoms with van der Waals surface area (Å²) in [5.41, 5.74) is 8.98. The van der Waals surface area contributed by atoms with Gasteiger partial charge in [-0.25, -0.2) is 0 Å². The highest BCUT2D eigenvalue weighted by Gasteiger charge is 2.07. The molecule has 2 nitrogen and oxygen atoms in total. The molecule has 3 aromatic rings. The van der Waals surface area contributed by atoms with Crippen LogP contribution in [-0.4, -0.2) is 6.04 Å². The van der Waals surface area contributed by atoms with Crippen LogP contribution in [0.25, 0.3) is 21.9 Å². The summed E-state index contributed by atoms with van der Waals surface area (Å²) in [6.07, 6.45) is 0.898. The van der Waals surface area contributed by atoms with Gasteiger partial charge in [-0.1, -0.05) is 24.3 Å². The van der Waals surface area contributed by atoms with Crippen LogP contribution in [0.1, 0.15) is 12.5 Å². The molecule has 1 atom stereocenters. The number of benzene rings is 2. The van der Waals surface area contributed by atoms with Crippen LogP contribution in [0.4, 0.5) is 0 Å². The lowest BCUT2D eigenvalue weighted by Gasteiger charge is -2.04. The number of furan rings is 1. The lowest BCUT2D eigenvalue weighted by atomic mass is 10.0. The molecule has 2 heteroatoms. The zero-order valence-corrected chi connectivity index (χ0v) is 9.81. The van der Waals surface area contributed by atoms with E-state index in [9.17, 15) is 0 Å². The van der Waals surface area contributed by atoms with E-state index in [4.69, 9.17) is 10.2 Å². The number of nitrogens with two attached hydrogens (primary N) is 1. The molecule has 0 aliphatic rings. The third-order valence-corrected chi connectivity index (χ3v) is 3.00. The molecule has 0 aliphatic heterocycles. The Morgan fingerprint density at radius 3 is 2.65 bits per heavy atom. The molecule has 0 spiro atoms. The van der Waals surface area contributed by atoms with Crippen molar-refractivity contribution in [1.82, 2.24) is 0 Å². The maximum absolute atomic E-state index is 5.83. The molecular formula is C15H15NO. The summed E-state index contributed by atoms with van der Waals surface area (Å²) in [4.78, 5) is 0. The van der Waals surface area contributed by atoms with Crippen LogP contribution >= 0.6 is 0 Å². The number of rotatable bonds is 2. The van der Waals surface area contributed by atoms with Gasteiger partial charge >= 0.3 is 0 Å². The molecule has 3 rings (SSSR count). The van der Waals surface area contributed by atoms with Gasteiger partial charge in [-0.15, -0.1) is 0 Å². The van der Waals surface area contributed by atoms with E-state index in [2.05, 4.69) is 18.2 Å². The fraction of sp³-hybridized carbons (Fsp3) is 0.200. The molecule has 2 N–H and O–H groups in total. The van der Waals surface area contributed by atoms with Crippen molar-refractivity contribution in [2.45, 2.75) is 19.4 Å². The van der Waals surface area contributed by atoms with E-state index in [1.54, 1.807) is 0 Å². The van der Waals surface area contributed by atoms with Gasteiger partial charge in [-0.05, 0) is 37.1 Å². The van der Waals surface area contributed by atoms with E-state index in [0.717, 1.165) is 17.6 Å². The first-order valence-corrected chi connectivity index (χ1v) is 5.90. The van der Waals surface area contributed by atoms with E-state index in [0.29, 0.717) is 0 Å². The molecule has 0 bridgehead atoms. The average Bonchev–Trinajstić information content (AvgIpc) is 2.66. The van der Waals surface area contributed by atoms with Crippen molar-refractivity contribution in [1.29, 1.82) is 0 Å². The van der Waals surface area contributed by atoms with Crippen molar-refractivity contribution in [2.75, 3.05) is 0 Å². The highest BCUT2D eigenvalue weighted by atomic mass is 16.3. The standard InChI is InChI=1S/C15H15NO/c1-10(16)8-11-6-7-15-13(9-11)12-4-2-3-5-14(12)17-15/h2-7,9-10H,8,16H2,1H3/t10-/m0/s1. The van der Waals surface area contributed by atoms with Crippen LogP contribution in [0.2, 0.25) is 0 Å². The first kappa shape index (κ1) is 10.4. The molecule has 0 fully saturated rings. The van der Waals surface area contributed by atoms with Crippen LogP contribution in [0.3, 0.4) is 0 Å². The molecule has 0 unspecified atom stereocenters. The summed E-state index contributed by atoms with van der Waals surface area (Å²) >= 11 is 0. The zero-order chi connectivity index (χ0) is 11.8. The highest BCUT2D eigenvalue weighted by molar-refractivity contribution is 6.04. The summed E-state index contributed by atoms with van der Waals surface area (Å²) in [7, 11) is 0. The number of hydrogen-bond acceptors (Lipinski definition) is 2. The third-order valence-electron chi connectivity index (χ3n) is 3.00.